The lowest BCUT2D eigenvalue weighted by Crippen LogP contribution is -2.26. The van der Waals surface area contributed by atoms with Crippen molar-refractivity contribution in [2.45, 2.75) is 58.3 Å². The molecule has 0 aromatic carbocycles. The van der Waals surface area contributed by atoms with Crippen molar-refractivity contribution >= 4 is 18.4 Å². The zero-order valence-corrected chi connectivity index (χ0v) is 26.4. The van der Waals surface area contributed by atoms with Crippen LogP contribution in [0.3, 0.4) is 0 Å². The van der Waals surface area contributed by atoms with E-state index in [2.05, 4.69) is 23.7 Å². The van der Waals surface area contributed by atoms with Crippen LogP contribution in [0.25, 0.3) is 0 Å². The lowest BCUT2D eigenvalue weighted by molar-refractivity contribution is -0.252. The van der Waals surface area contributed by atoms with Gasteiger partial charge in [0.25, 0.3) is 12.9 Å². The average Bonchev–Trinajstić information content (AvgIpc) is 2.97. The van der Waals surface area contributed by atoms with Crippen LogP contribution < -0.4 is 0 Å². The fraction of sp³-hybridized carbons (Fsp3) is 0.875. The van der Waals surface area contributed by atoms with Crippen LogP contribution in [0.2, 0.25) is 0 Å². The molecule has 1 atom stereocenters. The Balaban J connectivity index is -0.000000136. The maximum Gasteiger partial charge on any atom is 0.304 e. The summed E-state index contributed by atoms with van der Waals surface area (Å²) >= 11 is 0. The summed E-state index contributed by atoms with van der Waals surface area (Å²) in [5, 5.41) is 0. The van der Waals surface area contributed by atoms with Crippen LogP contribution in [0.1, 0.15) is 26.7 Å². The molecule has 244 valence electrons. The maximum atomic E-state index is 10.6. The third-order valence-corrected chi connectivity index (χ3v) is 3.87. The molecule has 0 heterocycles. The van der Waals surface area contributed by atoms with Gasteiger partial charge in [-0.25, -0.2) is 0 Å². The third-order valence-electron chi connectivity index (χ3n) is 3.87. The van der Waals surface area contributed by atoms with Gasteiger partial charge in [-0.15, -0.1) is 0 Å². The molecule has 0 saturated heterocycles. The van der Waals surface area contributed by atoms with E-state index in [1.165, 1.54) is 70.7 Å². The summed E-state index contributed by atoms with van der Waals surface area (Å²) in [7, 11) is 18.0. The van der Waals surface area contributed by atoms with Crippen LogP contribution in [0, 0.1) is 0 Å². The SMILES string of the molecule is COC(C)=O.COC(CC(OC)OC(C)=O)OC.COC(CC(OC)OC)OC.COC(OC)OC.COC=O. The van der Waals surface area contributed by atoms with Gasteiger partial charge in [-0.3, -0.25) is 14.4 Å². The van der Waals surface area contributed by atoms with Gasteiger partial charge in [0.15, 0.2) is 18.9 Å². The minimum Gasteiger partial charge on any atom is -0.471 e. The summed E-state index contributed by atoms with van der Waals surface area (Å²) in [6, 6.07) is 0. The van der Waals surface area contributed by atoms with Crippen molar-refractivity contribution in [2.24, 2.45) is 0 Å². The summed E-state index contributed by atoms with van der Waals surface area (Å²) in [6.07, 6.45) is -0.658. The van der Waals surface area contributed by atoms with Gasteiger partial charge in [0, 0.05) is 91.4 Å². The van der Waals surface area contributed by atoms with Crippen LogP contribution >= 0.6 is 0 Å². The quantitative estimate of drug-likeness (QED) is 0.108. The van der Waals surface area contributed by atoms with E-state index < -0.39 is 25.0 Å². The molecule has 0 aromatic rings. The molecule has 40 heavy (non-hydrogen) atoms. The van der Waals surface area contributed by atoms with Crippen molar-refractivity contribution in [3.63, 3.8) is 0 Å². The Bertz CT molecular complexity index is 492. The highest BCUT2D eigenvalue weighted by atomic mass is 16.8. The van der Waals surface area contributed by atoms with E-state index in [0.29, 0.717) is 19.3 Å². The lowest BCUT2D eigenvalue weighted by atomic mass is 10.4. The van der Waals surface area contributed by atoms with Crippen molar-refractivity contribution in [1.29, 1.82) is 0 Å². The van der Waals surface area contributed by atoms with Crippen LogP contribution in [-0.4, -0.2) is 135 Å². The first-order valence-electron chi connectivity index (χ1n) is 11.4. The van der Waals surface area contributed by atoms with Gasteiger partial charge in [0.05, 0.1) is 20.6 Å². The molecule has 0 rings (SSSR count). The van der Waals surface area contributed by atoms with Crippen LogP contribution in [0.5, 0.6) is 0 Å². The molecule has 0 aliphatic carbocycles. The van der Waals surface area contributed by atoms with Gasteiger partial charge in [-0.2, -0.15) is 0 Å². The van der Waals surface area contributed by atoms with Crippen molar-refractivity contribution in [2.75, 3.05) is 85.3 Å². The summed E-state index contributed by atoms with van der Waals surface area (Å²) in [6.45, 7) is 2.54. The zero-order chi connectivity index (χ0) is 32.4. The zero-order valence-electron chi connectivity index (χ0n) is 26.4. The Morgan fingerprint density at radius 1 is 0.500 bits per heavy atom. The van der Waals surface area contributed by atoms with Crippen molar-refractivity contribution in [3.8, 4) is 0 Å². The van der Waals surface area contributed by atoms with E-state index in [1.54, 1.807) is 28.4 Å². The monoisotopic (exact) mass is 596 g/mol. The van der Waals surface area contributed by atoms with Gasteiger partial charge < -0.3 is 61.6 Å². The van der Waals surface area contributed by atoms with Gasteiger partial charge in [0.1, 0.15) is 0 Å². The van der Waals surface area contributed by atoms with Crippen molar-refractivity contribution < 1.29 is 76.0 Å². The highest BCUT2D eigenvalue weighted by Gasteiger charge is 2.17. The van der Waals surface area contributed by atoms with Crippen LogP contribution in [-0.2, 0) is 76.0 Å². The molecule has 0 saturated carbocycles. The van der Waals surface area contributed by atoms with E-state index in [9.17, 15) is 9.59 Å². The summed E-state index contributed by atoms with van der Waals surface area (Å²) in [4.78, 5) is 29.1. The Kier molecular flexibility index (Phi) is 46.8. The number of carbonyl (C=O) groups excluding carboxylic acids is 3. The smallest absolute Gasteiger partial charge is 0.304 e. The summed E-state index contributed by atoms with van der Waals surface area (Å²) < 4.78 is 61.1. The Labute approximate surface area is 238 Å². The van der Waals surface area contributed by atoms with E-state index >= 15 is 0 Å². The number of carbonyl (C=O) groups is 3. The lowest BCUT2D eigenvalue weighted by Gasteiger charge is -2.19. The van der Waals surface area contributed by atoms with E-state index in [0.717, 1.165) is 0 Å². The van der Waals surface area contributed by atoms with Crippen LogP contribution in [0.4, 0.5) is 0 Å². The molecule has 0 aliphatic rings. The molecule has 0 radical (unpaired) electrons. The largest absolute Gasteiger partial charge is 0.471 e. The Morgan fingerprint density at radius 3 is 0.875 bits per heavy atom. The number of esters is 2. The molecule has 0 spiro atoms. The van der Waals surface area contributed by atoms with Crippen LogP contribution in [0.15, 0.2) is 0 Å². The van der Waals surface area contributed by atoms with Crippen molar-refractivity contribution in [1.82, 2.24) is 0 Å². The molecule has 16 nitrogen and oxygen atoms in total. The highest BCUT2D eigenvalue weighted by Crippen LogP contribution is 2.07. The van der Waals surface area contributed by atoms with Gasteiger partial charge >= 0.3 is 11.9 Å². The number of ether oxygens (including phenoxy) is 13. The molecule has 1 unspecified atom stereocenters. The van der Waals surface area contributed by atoms with E-state index in [-0.39, 0.29) is 18.5 Å². The topological polar surface area (TPSA) is 171 Å². The standard InChI is InChI=1S/C8H16O5.C7H16O4.C4H10O3.C3H6O2.C2H4O2/c1-6(9)13-8(12-4)5-7(10-2)11-3;1-8-6(9-2)5-7(10-3)11-4;1-5-4(6-2)7-3;1-3(4)5-2;1-4-2-3/h7-8H,5H2,1-4H3;6-7H,5H2,1-4H3;4H,1-3H3;1-2H3;2H,1H3. The Hall–Kier alpha value is -1.99. The number of hydrogen-bond donors (Lipinski definition) is 0. The molecule has 0 aromatic heterocycles. The van der Waals surface area contributed by atoms with E-state index in [1.807, 2.05) is 0 Å². The van der Waals surface area contributed by atoms with Gasteiger partial charge in [-0.1, -0.05) is 0 Å². The average molecular weight is 597 g/mol. The second-order valence-electron chi connectivity index (χ2n) is 6.47. The first-order chi connectivity index (χ1) is 18.9. The molecular formula is C24H52O16. The second-order valence-corrected chi connectivity index (χ2v) is 6.47. The Morgan fingerprint density at radius 2 is 0.750 bits per heavy atom. The van der Waals surface area contributed by atoms with Crippen molar-refractivity contribution in [3.05, 3.63) is 0 Å². The fourth-order valence-electron chi connectivity index (χ4n) is 1.85. The van der Waals surface area contributed by atoms with Gasteiger partial charge in [-0.05, 0) is 0 Å². The molecule has 0 amide bonds. The minimum absolute atomic E-state index is 0.245. The predicted octanol–water partition coefficient (Wildman–Crippen LogP) is 1.32. The maximum absolute atomic E-state index is 10.6. The summed E-state index contributed by atoms with van der Waals surface area (Å²) in [5.74, 6) is -0.636. The molecule has 0 aliphatic heterocycles. The first-order valence-corrected chi connectivity index (χ1v) is 11.4. The molecular weight excluding hydrogens is 544 g/mol. The molecule has 0 fully saturated rings. The summed E-state index contributed by atoms with van der Waals surface area (Å²) in [5.41, 5.74) is 0. The first kappa shape index (κ1) is 47.8. The number of hydrogen-bond acceptors (Lipinski definition) is 16. The number of rotatable bonds is 16. The third kappa shape index (κ3) is 40.5. The predicted molar refractivity (Wildman–Crippen MR) is 141 cm³/mol. The fourth-order valence-corrected chi connectivity index (χ4v) is 1.85. The molecule has 0 bridgehead atoms. The molecule has 16 heteroatoms. The van der Waals surface area contributed by atoms with Gasteiger partial charge in [0.2, 0.25) is 6.29 Å². The second kappa shape index (κ2) is 39.2. The highest BCUT2D eigenvalue weighted by molar-refractivity contribution is 5.66. The molecule has 0 N–H and O–H groups in total. The normalized spacial score (nSPS) is 10.6. The van der Waals surface area contributed by atoms with E-state index in [4.69, 9.17) is 42.7 Å². The number of methoxy groups -OCH3 is 12. The minimum atomic E-state index is -0.623.